The number of nitrogens with zero attached hydrogens (tertiary/aromatic N) is 2. The smallest absolute Gasteiger partial charge is 0.135 e. The third-order valence-corrected chi connectivity index (χ3v) is 4.55. The Hall–Kier alpha value is -1.14. The van der Waals surface area contributed by atoms with E-state index in [4.69, 9.17) is 0 Å². The lowest BCUT2D eigenvalue weighted by atomic mass is 10.0. The highest BCUT2D eigenvalue weighted by Crippen LogP contribution is 2.29. The first-order chi connectivity index (χ1) is 9.61. The molecular weight excluding hydrogens is 336 g/mol. The lowest BCUT2D eigenvalue weighted by molar-refractivity contribution is 0.844. The zero-order valence-corrected chi connectivity index (χ0v) is 14.3. The molecule has 0 fully saturated rings. The Morgan fingerprint density at radius 1 is 1.25 bits per heavy atom. The van der Waals surface area contributed by atoms with Crippen molar-refractivity contribution in [3.05, 3.63) is 32.7 Å². The molecule has 0 aliphatic heterocycles. The SMILES string of the molecule is CCNc1ncnc(NCc2cc(Br)cs2)c1C(C)C. The van der Waals surface area contributed by atoms with Crippen LogP contribution in [0.3, 0.4) is 0 Å². The van der Waals surface area contributed by atoms with Crippen LogP contribution in [-0.4, -0.2) is 16.5 Å². The Balaban J connectivity index is 2.19. The van der Waals surface area contributed by atoms with Gasteiger partial charge in [-0.25, -0.2) is 9.97 Å². The Labute approximate surface area is 132 Å². The molecule has 0 bridgehead atoms. The van der Waals surface area contributed by atoms with Crippen molar-refractivity contribution in [2.24, 2.45) is 0 Å². The third-order valence-electron chi connectivity index (χ3n) is 2.86. The summed E-state index contributed by atoms with van der Waals surface area (Å²) >= 11 is 5.20. The highest BCUT2D eigenvalue weighted by atomic mass is 79.9. The summed E-state index contributed by atoms with van der Waals surface area (Å²) in [6.45, 7) is 8.02. The minimum Gasteiger partial charge on any atom is -0.370 e. The minimum atomic E-state index is 0.364. The Kier molecular flexibility index (Phi) is 5.37. The van der Waals surface area contributed by atoms with Gasteiger partial charge in [-0.15, -0.1) is 11.3 Å². The van der Waals surface area contributed by atoms with Crippen molar-refractivity contribution >= 4 is 38.9 Å². The highest BCUT2D eigenvalue weighted by molar-refractivity contribution is 9.10. The predicted octanol–water partition coefficient (Wildman–Crippen LogP) is 4.47. The zero-order chi connectivity index (χ0) is 14.5. The van der Waals surface area contributed by atoms with E-state index >= 15 is 0 Å². The molecule has 2 rings (SSSR count). The molecule has 2 aromatic rings. The second-order valence-corrected chi connectivity index (χ2v) is 6.67. The fourth-order valence-corrected chi connectivity index (χ4v) is 3.40. The van der Waals surface area contributed by atoms with Gasteiger partial charge in [0.15, 0.2) is 0 Å². The number of thiophene rings is 1. The van der Waals surface area contributed by atoms with Gasteiger partial charge in [-0.1, -0.05) is 13.8 Å². The van der Waals surface area contributed by atoms with Gasteiger partial charge in [-0.3, -0.25) is 0 Å². The number of rotatable bonds is 6. The quantitative estimate of drug-likeness (QED) is 0.803. The van der Waals surface area contributed by atoms with Gasteiger partial charge in [0.25, 0.3) is 0 Å². The van der Waals surface area contributed by atoms with Gasteiger partial charge in [-0.2, -0.15) is 0 Å². The number of hydrogen-bond acceptors (Lipinski definition) is 5. The molecule has 0 amide bonds. The Morgan fingerprint density at radius 2 is 1.95 bits per heavy atom. The van der Waals surface area contributed by atoms with Crippen LogP contribution in [0.5, 0.6) is 0 Å². The molecule has 4 nitrogen and oxygen atoms in total. The molecule has 0 aliphatic rings. The van der Waals surface area contributed by atoms with Crippen molar-refractivity contribution in [3.8, 4) is 0 Å². The molecule has 20 heavy (non-hydrogen) atoms. The molecule has 0 saturated heterocycles. The van der Waals surface area contributed by atoms with Crippen LogP contribution in [0, 0.1) is 0 Å². The van der Waals surface area contributed by atoms with E-state index in [0.717, 1.165) is 34.8 Å². The zero-order valence-electron chi connectivity index (χ0n) is 11.9. The second kappa shape index (κ2) is 7.04. The summed E-state index contributed by atoms with van der Waals surface area (Å²) in [5.74, 6) is 2.20. The number of anilines is 2. The first-order valence-electron chi connectivity index (χ1n) is 6.67. The van der Waals surface area contributed by atoms with Crippen molar-refractivity contribution in [1.82, 2.24) is 9.97 Å². The summed E-state index contributed by atoms with van der Waals surface area (Å²) in [7, 11) is 0. The van der Waals surface area contributed by atoms with E-state index in [9.17, 15) is 0 Å². The predicted molar refractivity (Wildman–Crippen MR) is 89.6 cm³/mol. The average molecular weight is 355 g/mol. The van der Waals surface area contributed by atoms with Crippen molar-refractivity contribution < 1.29 is 0 Å². The van der Waals surface area contributed by atoms with Crippen molar-refractivity contribution in [2.45, 2.75) is 33.2 Å². The number of nitrogens with one attached hydrogen (secondary N) is 2. The van der Waals surface area contributed by atoms with Crippen LogP contribution < -0.4 is 10.6 Å². The van der Waals surface area contributed by atoms with Gasteiger partial charge in [0, 0.05) is 26.8 Å². The molecule has 2 aromatic heterocycles. The van der Waals surface area contributed by atoms with Crippen LogP contribution in [0.2, 0.25) is 0 Å². The number of halogens is 1. The van der Waals surface area contributed by atoms with Gasteiger partial charge in [0.1, 0.15) is 18.0 Å². The lowest BCUT2D eigenvalue weighted by Crippen LogP contribution is -2.10. The van der Waals surface area contributed by atoms with Crippen LogP contribution in [0.15, 0.2) is 22.2 Å². The van der Waals surface area contributed by atoms with E-state index < -0.39 is 0 Å². The summed E-state index contributed by atoms with van der Waals surface area (Å²) in [6, 6.07) is 2.12. The van der Waals surface area contributed by atoms with E-state index in [1.807, 2.05) is 0 Å². The summed E-state index contributed by atoms with van der Waals surface area (Å²) in [5.41, 5.74) is 1.14. The van der Waals surface area contributed by atoms with E-state index in [2.05, 4.69) is 68.7 Å². The topological polar surface area (TPSA) is 49.8 Å². The maximum Gasteiger partial charge on any atom is 0.135 e. The molecule has 108 valence electrons. The molecule has 0 saturated carbocycles. The second-order valence-electron chi connectivity index (χ2n) is 4.75. The molecule has 2 N–H and O–H groups in total. The maximum atomic E-state index is 4.40. The molecule has 0 spiro atoms. The summed E-state index contributed by atoms with van der Waals surface area (Å²) < 4.78 is 1.12. The van der Waals surface area contributed by atoms with Crippen molar-refractivity contribution in [1.29, 1.82) is 0 Å². The molecule has 2 heterocycles. The molecule has 0 aliphatic carbocycles. The molecule has 0 aromatic carbocycles. The van der Waals surface area contributed by atoms with Gasteiger partial charge < -0.3 is 10.6 Å². The summed E-state index contributed by atoms with van der Waals surface area (Å²) in [5, 5.41) is 8.81. The number of aromatic nitrogens is 2. The van der Waals surface area contributed by atoms with Gasteiger partial charge >= 0.3 is 0 Å². The van der Waals surface area contributed by atoms with Crippen LogP contribution in [-0.2, 0) is 6.54 Å². The fourth-order valence-electron chi connectivity index (χ4n) is 2.01. The molecule has 6 heteroatoms. The fraction of sp³-hybridized carbons (Fsp3) is 0.429. The minimum absolute atomic E-state index is 0.364. The van der Waals surface area contributed by atoms with Crippen LogP contribution >= 0.6 is 27.3 Å². The Bertz CT molecular complexity index is 568. The molecular formula is C14H19BrN4S. The molecule has 0 atom stereocenters. The van der Waals surface area contributed by atoms with Gasteiger partial charge in [-0.05, 0) is 34.8 Å². The largest absolute Gasteiger partial charge is 0.370 e. The average Bonchev–Trinajstić information content (AvgIpc) is 2.82. The van der Waals surface area contributed by atoms with E-state index in [1.54, 1.807) is 17.7 Å². The lowest BCUT2D eigenvalue weighted by Gasteiger charge is -2.17. The first kappa shape index (κ1) is 15.3. The van der Waals surface area contributed by atoms with Crippen molar-refractivity contribution in [3.63, 3.8) is 0 Å². The molecule has 0 radical (unpaired) electrons. The normalized spacial score (nSPS) is 10.8. The standard InChI is InChI=1S/C14H19BrN4S/c1-4-16-13-12(9(2)3)14(19-8-18-13)17-6-11-5-10(15)7-20-11/h5,7-9H,4,6H2,1-3H3,(H2,16,17,18,19). The third kappa shape index (κ3) is 3.70. The van der Waals surface area contributed by atoms with E-state index in [-0.39, 0.29) is 0 Å². The van der Waals surface area contributed by atoms with E-state index in [1.165, 1.54) is 4.88 Å². The van der Waals surface area contributed by atoms with E-state index in [0.29, 0.717) is 5.92 Å². The monoisotopic (exact) mass is 354 g/mol. The molecule has 0 unspecified atom stereocenters. The summed E-state index contributed by atoms with van der Waals surface area (Å²) in [6.07, 6.45) is 1.61. The van der Waals surface area contributed by atoms with Gasteiger partial charge in [0.2, 0.25) is 0 Å². The van der Waals surface area contributed by atoms with Gasteiger partial charge in [0.05, 0.1) is 6.54 Å². The first-order valence-corrected chi connectivity index (χ1v) is 8.34. The van der Waals surface area contributed by atoms with Crippen LogP contribution in [0.1, 0.15) is 37.1 Å². The highest BCUT2D eigenvalue weighted by Gasteiger charge is 2.14. The maximum absolute atomic E-state index is 4.40. The Morgan fingerprint density at radius 3 is 2.50 bits per heavy atom. The number of hydrogen-bond donors (Lipinski definition) is 2. The van der Waals surface area contributed by atoms with Crippen LogP contribution in [0.25, 0.3) is 0 Å². The van der Waals surface area contributed by atoms with Crippen molar-refractivity contribution in [2.75, 3.05) is 17.2 Å². The summed E-state index contributed by atoms with van der Waals surface area (Å²) in [4.78, 5) is 10.0. The van der Waals surface area contributed by atoms with Crippen LogP contribution in [0.4, 0.5) is 11.6 Å².